The minimum absolute atomic E-state index is 0.0688. The average Bonchev–Trinajstić information content (AvgIpc) is 3.68. The van der Waals surface area contributed by atoms with Gasteiger partial charge in [0, 0.05) is 35.6 Å². The van der Waals surface area contributed by atoms with Gasteiger partial charge in [0.25, 0.3) is 5.91 Å². The second kappa shape index (κ2) is 11.5. The molecule has 0 radical (unpaired) electrons. The van der Waals surface area contributed by atoms with E-state index in [2.05, 4.69) is 18.3 Å². The summed E-state index contributed by atoms with van der Waals surface area (Å²) in [7, 11) is 0. The molecule has 1 aliphatic heterocycles. The molecule has 0 saturated carbocycles. The Labute approximate surface area is 231 Å². The average molecular weight is 549 g/mol. The summed E-state index contributed by atoms with van der Waals surface area (Å²) in [4.78, 5) is 33.5. The number of carbonyl (C=O) groups is 2. The van der Waals surface area contributed by atoms with E-state index in [1.165, 1.54) is 16.9 Å². The van der Waals surface area contributed by atoms with Crippen LogP contribution in [-0.4, -0.2) is 52.1 Å². The maximum atomic E-state index is 13.4. The summed E-state index contributed by atoms with van der Waals surface area (Å²) < 4.78 is 7.62. The number of halogens is 1. The van der Waals surface area contributed by atoms with Crippen LogP contribution in [0.15, 0.2) is 66.2 Å². The Kier molecular flexibility index (Phi) is 7.93. The molecule has 0 spiro atoms. The standard InChI is InChI=1S/C29H29ClN4O3S/c1-19-7-12-23(15-20(19)2)34-17-25(21-8-10-22(30)11-9-21)31-29(34)32-27(35)18-33(16-24-5-3-13-37-24)28(36)26-6-4-14-38-26/h4,6-12,14-15,17,24H,3,5,13,16,18H2,1-2H3,(H,31,32,35). The van der Waals surface area contributed by atoms with Crippen molar-refractivity contribution in [2.45, 2.75) is 32.8 Å². The number of imidazole rings is 1. The monoisotopic (exact) mass is 548 g/mol. The number of thiophene rings is 1. The molecule has 1 saturated heterocycles. The number of anilines is 1. The fourth-order valence-corrected chi connectivity index (χ4v) is 5.26. The second-order valence-corrected chi connectivity index (χ2v) is 10.8. The molecule has 7 nitrogen and oxygen atoms in total. The Bertz CT molecular complexity index is 1430. The van der Waals surface area contributed by atoms with Crippen LogP contribution in [0.4, 0.5) is 5.95 Å². The highest BCUT2D eigenvalue weighted by Gasteiger charge is 2.26. The highest BCUT2D eigenvalue weighted by atomic mass is 35.5. The van der Waals surface area contributed by atoms with Gasteiger partial charge in [-0.2, -0.15) is 0 Å². The zero-order valence-electron chi connectivity index (χ0n) is 21.3. The smallest absolute Gasteiger partial charge is 0.264 e. The van der Waals surface area contributed by atoms with Gasteiger partial charge in [-0.25, -0.2) is 4.98 Å². The highest BCUT2D eigenvalue weighted by molar-refractivity contribution is 7.12. The molecule has 2 aromatic heterocycles. The van der Waals surface area contributed by atoms with Gasteiger partial charge in [0.05, 0.1) is 16.7 Å². The summed E-state index contributed by atoms with van der Waals surface area (Å²) in [5, 5.41) is 5.45. The number of benzene rings is 2. The Balaban J connectivity index is 1.42. The van der Waals surface area contributed by atoms with Crippen molar-refractivity contribution < 1.29 is 14.3 Å². The molecule has 5 rings (SSSR count). The summed E-state index contributed by atoms with van der Waals surface area (Å²) in [6, 6.07) is 17.1. The fraction of sp³-hybridized carbons (Fsp3) is 0.276. The first-order valence-electron chi connectivity index (χ1n) is 12.5. The van der Waals surface area contributed by atoms with Crippen LogP contribution in [0, 0.1) is 13.8 Å². The van der Waals surface area contributed by atoms with Gasteiger partial charge in [-0.3, -0.25) is 19.5 Å². The molecule has 1 unspecified atom stereocenters. The number of amides is 2. The van der Waals surface area contributed by atoms with Crippen molar-refractivity contribution >= 4 is 40.7 Å². The van der Waals surface area contributed by atoms with E-state index in [0.29, 0.717) is 34.7 Å². The number of nitrogens with one attached hydrogen (secondary N) is 1. The molecular formula is C29H29ClN4O3S. The van der Waals surface area contributed by atoms with Crippen molar-refractivity contribution in [2.24, 2.45) is 0 Å². The van der Waals surface area contributed by atoms with Crippen molar-refractivity contribution in [2.75, 3.05) is 25.0 Å². The molecule has 1 fully saturated rings. The van der Waals surface area contributed by atoms with Crippen LogP contribution >= 0.6 is 22.9 Å². The molecule has 1 N–H and O–H groups in total. The maximum absolute atomic E-state index is 13.4. The summed E-state index contributed by atoms with van der Waals surface area (Å²) in [5.41, 5.74) is 4.75. The molecule has 4 aromatic rings. The summed E-state index contributed by atoms with van der Waals surface area (Å²) in [5.74, 6) is -0.125. The van der Waals surface area contributed by atoms with E-state index in [9.17, 15) is 9.59 Å². The number of rotatable bonds is 8. The number of ether oxygens (including phenoxy) is 1. The molecule has 196 valence electrons. The summed E-state index contributed by atoms with van der Waals surface area (Å²) in [6.45, 7) is 5.05. The third-order valence-corrected chi connectivity index (χ3v) is 7.78. The molecule has 2 amide bonds. The van der Waals surface area contributed by atoms with E-state index in [-0.39, 0.29) is 24.5 Å². The van der Waals surface area contributed by atoms with Crippen LogP contribution in [-0.2, 0) is 9.53 Å². The van der Waals surface area contributed by atoms with Gasteiger partial charge in [0.15, 0.2) is 0 Å². The first-order chi connectivity index (χ1) is 18.4. The van der Waals surface area contributed by atoms with Crippen LogP contribution < -0.4 is 5.32 Å². The predicted octanol–water partition coefficient (Wildman–Crippen LogP) is 6.13. The molecule has 9 heteroatoms. The molecule has 2 aromatic carbocycles. The van der Waals surface area contributed by atoms with Crippen LogP contribution in [0.3, 0.4) is 0 Å². The lowest BCUT2D eigenvalue weighted by molar-refractivity contribution is -0.117. The van der Waals surface area contributed by atoms with Crippen molar-refractivity contribution in [3.63, 3.8) is 0 Å². The van der Waals surface area contributed by atoms with Gasteiger partial charge >= 0.3 is 0 Å². The zero-order chi connectivity index (χ0) is 26.6. The van der Waals surface area contributed by atoms with E-state index in [0.717, 1.165) is 29.7 Å². The van der Waals surface area contributed by atoms with E-state index >= 15 is 0 Å². The minimum atomic E-state index is -0.328. The number of hydrogen-bond acceptors (Lipinski definition) is 5. The number of aromatic nitrogens is 2. The summed E-state index contributed by atoms with van der Waals surface area (Å²) in [6.07, 6.45) is 3.65. The molecule has 3 heterocycles. The van der Waals surface area contributed by atoms with Crippen LogP contribution in [0.2, 0.25) is 5.02 Å². The predicted molar refractivity (Wildman–Crippen MR) is 151 cm³/mol. The fourth-order valence-electron chi connectivity index (χ4n) is 4.45. The molecule has 38 heavy (non-hydrogen) atoms. The third kappa shape index (κ3) is 5.99. The lowest BCUT2D eigenvalue weighted by Crippen LogP contribution is -2.42. The molecule has 1 aliphatic rings. The number of carbonyl (C=O) groups excluding carboxylic acids is 2. The lowest BCUT2D eigenvalue weighted by Gasteiger charge is -2.24. The highest BCUT2D eigenvalue weighted by Crippen LogP contribution is 2.27. The van der Waals surface area contributed by atoms with E-state index in [4.69, 9.17) is 21.3 Å². The first kappa shape index (κ1) is 26.2. The van der Waals surface area contributed by atoms with Crippen LogP contribution in [0.5, 0.6) is 0 Å². The zero-order valence-corrected chi connectivity index (χ0v) is 22.9. The van der Waals surface area contributed by atoms with E-state index < -0.39 is 0 Å². The van der Waals surface area contributed by atoms with Gasteiger partial charge in [-0.15, -0.1) is 11.3 Å². The quantitative estimate of drug-likeness (QED) is 0.287. The third-order valence-electron chi connectivity index (χ3n) is 6.67. The Hall–Kier alpha value is -3.46. The van der Waals surface area contributed by atoms with Crippen molar-refractivity contribution in [3.8, 4) is 16.9 Å². The van der Waals surface area contributed by atoms with Gasteiger partial charge in [0.2, 0.25) is 11.9 Å². The van der Waals surface area contributed by atoms with Gasteiger partial charge < -0.3 is 9.64 Å². The molecular weight excluding hydrogens is 520 g/mol. The van der Waals surface area contributed by atoms with Crippen molar-refractivity contribution in [1.29, 1.82) is 0 Å². The second-order valence-electron chi connectivity index (χ2n) is 9.44. The largest absolute Gasteiger partial charge is 0.376 e. The minimum Gasteiger partial charge on any atom is -0.376 e. The number of nitrogens with zero attached hydrogens (tertiary/aromatic N) is 3. The SMILES string of the molecule is Cc1ccc(-n2cc(-c3ccc(Cl)cc3)nc2NC(=O)CN(CC2CCCO2)C(=O)c2cccs2)cc1C. The number of aryl methyl sites for hydroxylation is 2. The van der Waals surface area contributed by atoms with Gasteiger partial charge in [0.1, 0.15) is 6.54 Å². The van der Waals surface area contributed by atoms with Gasteiger partial charge in [-0.05, 0) is 73.5 Å². The summed E-state index contributed by atoms with van der Waals surface area (Å²) >= 11 is 7.44. The van der Waals surface area contributed by atoms with E-state index in [1.54, 1.807) is 11.0 Å². The first-order valence-corrected chi connectivity index (χ1v) is 13.8. The van der Waals surface area contributed by atoms with Crippen LogP contribution in [0.1, 0.15) is 33.6 Å². The molecule has 0 aliphatic carbocycles. The Morgan fingerprint density at radius 2 is 1.97 bits per heavy atom. The normalized spacial score (nSPS) is 15.0. The maximum Gasteiger partial charge on any atom is 0.264 e. The Morgan fingerprint density at radius 1 is 1.16 bits per heavy atom. The Morgan fingerprint density at radius 3 is 2.66 bits per heavy atom. The van der Waals surface area contributed by atoms with Gasteiger partial charge in [-0.1, -0.05) is 35.9 Å². The molecule has 1 atom stereocenters. The van der Waals surface area contributed by atoms with Crippen LogP contribution in [0.25, 0.3) is 16.9 Å². The topological polar surface area (TPSA) is 76.5 Å². The number of hydrogen-bond donors (Lipinski definition) is 1. The van der Waals surface area contributed by atoms with E-state index in [1.807, 2.05) is 65.5 Å². The van der Waals surface area contributed by atoms with Crippen molar-refractivity contribution in [3.05, 3.63) is 87.2 Å². The van der Waals surface area contributed by atoms with Crippen molar-refractivity contribution in [1.82, 2.24) is 14.5 Å². The molecule has 0 bridgehead atoms. The lowest BCUT2D eigenvalue weighted by atomic mass is 10.1.